The molecule has 2 atom stereocenters. The fourth-order valence-corrected chi connectivity index (χ4v) is 2.70. The predicted molar refractivity (Wildman–Crippen MR) is 78.6 cm³/mol. The summed E-state index contributed by atoms with van der Waals surface area (Å²) in [5.41, 5.74) is 1.27. The topological polar surface area (TPSA) is 49.3 Å². The van der Waals surface area contributed by atoms with Gasteiger partial charge >= 0.3 is 6.43 Å². The third kappa shape index (κ3) is 3.86. The van der Waals surface area contributed by atoms with Gasteiger partial charge in [0.25, 0.3) is 5.91 Å². The monoisotopic (exact) mass is 329 g/mol. The van der Waals surface area contributed by atoms with Gasteiger partial charge in [0, 0.05) is 4.88 Å². The van der Waals surface area contributed by atoms with E-state index >= 15 is 0 Å². The molecule has 1 amide bonds. The number of carbonyl (C=O) groups is 1. The van der Waals surface area contributed by atoms with Crippen LogP contribution in [0.15, 0.2) is 41.8 Å². The Balaban J connectivity index is 2.10. The molecule has 1 heterocycles. The van der Waals surface area contributed by atoms with Crippen molar-refractivity contribution in [1.82, 2.24) is 5.32 Å². The molecule has 0 bridgehead atoms. The van der Waals surface area contributed by atoms with Crippen LogP contribution < -0.4 is 5.32 Å². The van der Waals surface area contributed by atoms with Gasteiger partial charge in [-0.3, -0.25) is 4.79 Å². The lowest BCUT2D eigenvalue weighted by atomic mass is 10.0. The second kappa shape index (κ2) is 7.42. The molecule has 7 heteroatoms. The SMILES string of the molecule is O=C(N[C@H](CF)[C@H](O)c1ccc(-c2cccs2)cc1)C(F)F. The number of aliphatic hydroxyl groups is 1. The molecule has 0 fully saturated rings. The minimum absolute atomic E-state index is 0.345. The van der Waals surface area contributed by atoms with Gasteiger partial charge in [-0.15, -0.1) is 11.3 Å². The summed E-state index contributed by atoms with van der Waals surface area (Å²) >= 11 is 1.55. The molecule has 2 rings (SSSR count). The van der Waals surface area contributed by atoms with Crippen molar-refractivity contribution in [3.05, 3.63) is 47.3 Å². The Morgan fingerprint density at radius 1 is 1.23 bits per heavy atom. The van der Waals surface area contributed by atoms with Crippen molar-refractivity contribution in [2.24, 2.45) is 0 Å². The summed E-state index contributed by atoms with van der Waals surface area (Å²) in [6.07, 6.45) is -4.65. The molecule has 1 aromatic heterocycles. The van der Waals surface area contributed by atoms with Crippen molar-refractivity contribution in [2.45, 2.75) is 18.6 Å². The van der Waals surface area contributed by atoms with E-state index in [-0.39, 0.29) is 0 Å². The van der Waals surface area contributed by atoms with Crippen LogP contribution in [0.4, 0.5) is 13.2 Å². The highest BCUT2D eigenvalue weighted by Crippen LogP contribution is 2.27. The number of benzene rings is 1. The van der Waals surface area contributed by atoms with Crippen LogP contribution in [0, 0.1) is 0 Å². The molecule has 0 unspecified atom stereocenters. The number of hydrogen-bond donors (Lipinski definition) is 2. The normalized spacial score (nSPS) is 13.9. The first-order chi connectivity index (χ1) is 10.5. The molecule has 22 heavy (non-hydrogen) atoms. The lowest BCUT2D eigenvalue weighted by Crippen LogP contribution is -2.43. The van der Waals surface area contributed by atoms with E-state index in [2.05, 4.69) is 0 Å². The molecule has 3 nitrogen and oxygen atoms in total. The summed E-state index contributed by atoms with van der Waals surface area (Å²) in [4.78, 5) is 12.0. The van der Waals surface area contributed by atoms with E-state index in [4.69, 9.17) is 0 Å². The average Bonchev–Trinajstić information content (AvgIpc) is 3.06. The molecule has 0 spiro atoms. The van der Waals surface area contributed by atoms with Crippen molar-refractivity contribution in [1.29, 1.82) is 0 Å². The summed E-state index contributed by atoms with van der Waals surface area (Å²) in [6.45, 7) is -1.15. The number of hydrogen-bond acceptors (Lipinski definition) is 3. The Morgan fingerprint density at radius 2 is 1.91 bits per heavy atom. The van der Waals surface area contributed by atoms with Crippen molar-refractivity contribution in [3.63, 3.8) is 0 Å². The zero-order valence-corrected chi connectivity index (χ0v) is 12.2. The summed E-state index contributed by atoms with van der Waals surface area (Å²) in [6, 6.07) is 9.08. The molecule has 1 aromatic carbocycles. The van der Waals surface area contributed by atoms with Crippen LogP contribution in [-0.2, 0) is 4.79 Å². The highest BCUT2D eigenvalue weighted by molar-refractivity contribution is 7.13. The van der Waals surface area contributed by atoms with Crippen molar-refractivity contribution < 1.29 is 23.1 Å². The first-order valence-corrected chi connectivity index (χ1v) is 7.37. The molecular formula is C15H14F3NO2S. The maximum absolute atomic E-state index is 12.9. The first-order valence-electron chi connectivity index (χ1n) is 6.49. The van der Waals surface area contributed by atoms with E-state index in [1.807, 2.05) is 17.5 Å². The maximum Gasteiger partial charge on any atom is 0.315 e. The van der Waals surface area contributed by atoms with Crippen LogP contribution in [0.3, 0.4) is 0 Å². The molecule has 0 aliphatic heterocycles. The average molecular weight is 329 g/mol. The molecule has 2 N–H and O–H groups in total. The first kappa shape index (κ1) is 16.5. The lowest BCUT2D eigenvalue weighted by molar-refractivity contribution is -0.133. The zero-order valence-electron chi connectivity index (χ0n) is 11.4. The number of carbonyl (C=O) groups excluding carboxylic acids is 1. The van der Waals surface area contributed by atoms with E-state index in [0.717, 1.165) is 10.4 Å². The third-order valence-electron chi connectivity index (χ3n) is 3.13. The Bertz CT molecular complexity index is 602. The number of alkyl halides is 3. The standard InChI is InChI=1S/C15H14F3NO2S/c16-8-11(19-15(21)14(17)18)13(20)10-5-3-9(4-6-10)12-2-1-7-22-12/h1-7,11,13-14,20H,8H2,(H,19,21)/t11-,13-/m1/s1. The van der Waals surface area contributed by atoms with Gasteiger partial charge < -0.3 is 10.4 Å². The van der Waals surface area contributed by atoms with Crippen LogP contribution in [0.1, 0.15) is 11.7 Å². The number of rotatable bonds is 6. The number of thiophene rings is 1. The van der Waals surface area contributed by atoms with Crippen LogP contribution in [0.25, 0.3) is 10.4 Å². The third-order valence-corrected chi connectivity index (χ3v) is 4.05. The molecule has 0 aliphatic rings. The van der Waals surface area contributed by atoms with Gasteiger partial charge in [-0.05, 0) is 22.6 Å². The minimum Gasteiger partial charge on any atom is -0.386 e. The van der Waals surface area contributed by atoms with E-state index in [0.29, 0.717) is 5.56 Å². The molecule has 118 valence electrons. The van der Waals surface area contributed by atoms with Gasteiger partial charge in [-0.25, -0.2) is 4.39 Å². The van der Waals surface area contributed by atoms with Crippen molar-refractivity contribution in [3.8, 4) is 10.4 Å². The highest BCUT2D eigenvalue weighted by Gasteiger charge is 2.26. The van der Waals surface area contributed by atoms with Gasteiger partial charge in [0.1, 0.15) is 12.8 Å². The highest BCUT2D eigenvalue weighted by atomic mass is 32.1. The molecule has 0 saturated heterocycles. The van der Waals surface area contributed by atoms with Crippen molar-refractivity contribution in [2.75, 3.05) is 6.67 Å². The van der Waals surface area contributed by atoms with Crippen molar-refractivity contribution >= 4 is 17.2 Å². The van der Waals surface area contributed by atoms with Crippen LogP contribution >= 0.6 is 11.3 Å². The number of halogens is 3. The molecule has 0 saturated carbocycles. The molecule has 0 aliphatic carbocycles. The van der Waals surface area contributed by atoms with E-state index in [1.165, 1.54) is 0 Å². The van der Waals surface area contributed by atoms with Gasteiger partial charge in [0.05, 0.1) is 6.04 Å². The van der Waals surface area contributed by atoms with E-state index < -0.39 is 31.2 Å². The quantitative estimate of drug-likeness (QED) is 0.855. The largest absolute Gasteiger partial charge is 0.386 e. The molecule has 2 aromatic rings. The van der Waals surface area contributed by atoms with E-state index in [9.17, 15) is 23.1 Å². The van der Waals surface area contributed by atoms with Gasteiger partial charge in [0.2, 0.25) is 0 Å². The summed E-state index contributed by atoms with van der Waals surface area (Å²) in [5.74, 6) is -1.60. The minimum atomic E-state index is -3.25. The fourth-order valence-electron chi connectivity index (χ4n) is 1.97. The summed E-state index contributed by atoms with van der Waals surface area (Å²) in [7, 11) is 0. The Labute approximate surface area is 129 Å². The fraction of sp³-hybridized carbons (Fsp3) is 0.267. The Hall–Kier alpha value is -1.86. The van der Waals surface area contributed by atoms with Crippen LogP contribution in [0.2, 0.25) is 0 Å². The number of nitrogens with one attached hydrogen (secondary N) is 1. The Kier molecular flexibility index (Phi) is 5.57. The summed E-state index contributed by atoms with van der Waals surface area (Å²) < 4.78 is 37.3. The molecular weight excluding hydrogens is 315 g/mol. The maximum atomic E-state index is 12.9. The van der Waals surface area contributed by atoms with E-state index in [1.54, 1.807) is 40.9 Å². The molecule has 0 radical (unpaired) electrons. The van der Waals surface area contributed by atoms with Gasteiger partial charge in [-0.1, -0.05) is 30.3 Å². The lowest BCUT2D eigenvalue weighted by Gasteiger charge is -2.21. The predicted octanol–water partition coefficient (Wildman–Crippen LogP) is 3.17. The van der Waals surface area contributed by atoms with Crippen LogP contribution in [-0.4, -0.2) is 30.2 Å². The summed E-state index contributed by atoms with van der Waals surface area (Å²) in [5, 5.41) is 13.8. The smallest absolute Gasteiger partial charge is 0.315 e. The second-order valence-corrected chi connectivity index (χ2v) is 5.56. The van der Waals surface area contributed by atoms with Gasteiger partial charge in [-0.2, -0.15) is 8.78 Å². The Morgan fingerprint density at radius 3 is 2.41 bits per heavy atom. The second-order valence-electron chi connectivity index (χ2n) is 4.61. The number of amides is 1. The number of aliphatic hydroxyl groups excluding tert-OH is 1. The van der Waals surface area contributed by atoms with Gasteiger partial charge in [0.15, 0.2) is 0 Å². The van der Waals surface area contributed by atoms with Crippen LogP contribution in [0.5, 0.6) is 0 Å². The zero-order chi connectivity index (χ0) is 16.1.